The normalized spacial score (nSPS) is 26.2. The third-order valence-corrected chi connectivity index (χ3v) is 6.28. The van der Waals surface area contributed by atoms with Gasteiger partial charge in [-0.3, -0.25) is 11.3 Å². The average Bonchev–Trinajstić information content (AvgIpc) is 3.16. The highest BCUT2D eigenvalue weighted by Gasteiger charge is 2.41. The molecule has 0 aromatic carbocycles. The average molecular weight is 308 g/mol. The number of nitrogens with one attached hydrogen (secondary N) is 1. The Morgan fingerprint density at radius 1 is 1.43 bits per heavy atom. The lowest BCUT2D eigenvalue weighted by Crippen LogP contribution is -2.47. The number of nitrogens with two attached hydrogens (primary N) is 1. The van der Waals surface area contributed by atoms with Crippen LogP contribution in [0.4, 0.5) is 0 Å². The molecule has 1 aromatic rings. The molecule has 4 heteroatoms. The van der Waals surface area contributed by atoms with Crippen LogP contribution in [0.3, 0.4) is 0 Å². The molecule has 3 rings (SSSR count). The maximum absolute atomic E-state index is 6.15. The summed E-state index contributed by atoms with van der Waals surface area (Å²) in [6.07, 6.45) is 11.2. The molecule has 118 valence electrons. The second-order valence-corrected chi connectivity index (χ2v) is 7.77. The Morgan fingerprint density at radius 3 is 3.00 bits per heavy atom. The van der Waals surface area contributed by atoms with Crippen molar-refractivity contribution < 1.29 is 4.74 Å². The van der Waals surface area contributed by atoms with Crippen LogP contribution >= 0.6 is 11.3 Å². The number of thiophene rings is 1. The lowest BCUT2D eigenvalue weighted by Gasteiger charge is -2.41. The molecule has 2 heterocycles. The maximum Gasteiger partial charge on any atom is 0.0685 e. The van der Waals surface area contributed by atoms with Gasteiger partial charge < -0.3 is 4.74 Å². The first kappa shape index (κ1) is 15.5. The number of hydrazine groups is 1. The summed E-state index contributed by atoms with van der Waals surface area (Å²) in [6, 6.07) is 4.82. The van der Waals surface area contributed by atoms with Crippen LogP contribution in [0.2, 0.25) is 0 Å². The van der Waals surface area contributed by atoms with Crippen LogP contribution in [-0.4, -0.2) is 18.2 Å². The van der Waals surface area contributed by atoms with Crippen LogP contribution in [0.25, 0.3) is 0 Å². The highest BCUT2D eigenvalue weighted by molar-refractivity contribution is 7.09. The topological polar surface area (TPSA) is 47.3 Å². The molecule has 3 nitrogen and oxygen atoms in total. The summed E-state index contributed by atoms with van der Waals surface area (Å²) in [5.41, 5.74) is 3.31. The van der Waals surface area contributed by atoms with E-state index in [9.17, 15) is 0 Å². The molecule has 2 atom stereocenters. The number of ether oxygens (including phenoxy) is 1. The maximum atomic E-state index is 6.15. The molecular weight excluding hydrogens is 280 g/mol. The van der Waals surface area contributed by atoms with Gasteiger partial charge in [-0.15, -0.1) is 11.3 Å². The molecule has 2 fully saturated rings. The van der Waals surface area contributed by atoms with Gasteiger partial charge in [-0.05, 0) is 62.3 Å². The summed E-state index contributed by atoms with van der Waals surface area (Å²) < 4.78 is 6.15. The van der Waals surface area contributed by atoms with Crippen molar-refractivity contribution in [1.82, 2.24) is 5.43 Å². The number of rotatable bonds is 6. The van der Waals surface area contributed by atoms with Gasteiger partial charge in [0.25, 0.3) is 0 Å². The molecule has 0 bridgehead atoms. The molecule has 1 spiro atoms. The van der Waals surface area contributed by atoms with Gasteiger partial charge in [0.05, 0.1) is 5.60 Å². The van der Waals surface area contributed by atoms with Crippen LogP contribution < -0.4 is 11.3 Å². The lowest BCUT2D eigenvalue weighted by atomic mass is 9.79. The van der Waals surface area contributed by atoms with Gasteiger partial charge in [-0.25, -0.2) is 0 Å². The lowest BCUT2D eigenvalue weighted by molar-refractivity contribution is -0.0983. The molecule has 1 saturated carbocycles. The Bertz CT molecular complexity index is 414. The molecule has 1 aromatic heterocycles. The fourth-order valence-electron chi connectivity index (χ4n) is 4.18. The summed E-state index contributed by atoms with van der Waals surface area (Å²) >= 11 is 1.86. The monoisotopic (exact) mass is 308 g/mol. The third kappa shape index (κ3) is 3.86. The van der Waals surface area contributed by atoms with Gasteiger partial charge in [-0.2, -0.15) is 0 Å². The smallest absolute Gasteiger partial charge is 0.0685 e. The van der Waals surface area contributed by atoms with E-state index in [2.05, 4.69) is 22.9 Å². The Hall–Kier alpha value is -0.420. The summed E-state index contributed by atoms with van der Waals surface area (Å²) in [6.45, 7) is 0.924. The summed E-state index contributed by atoms with van der Waals surface area (Å²) in [4.78, 5) is 1.49. The van der Waals surface area contributed by atoms with Crippen molar-refractivity contribution in [3.63, 3.8) is 0 Å². The SMILES string of the molecule is NNC(CCCc1cccs1)C1CCOC2(CCCC2)C1. The zero-order valence-corrected chi connectivity index (χ0v) is 13.7. The molecule has 1 saturated heterocycles. The van der Waals surface area contributed by atoms with E-state index < -0.39 is 0 Å². The van der Waals surface area contributed by atoms with Crippen LogP contribution in [0.15, 0.2) is 17.5 Å². The van der Waals surface area contributed by atoms with Crippen molar-refractivity contribution in [3.8, 4) is 0 Å². The number of hydrogen-bond donors (Lipinski definition) is 2. The van der Waals surface area contributed by atoms with E-state index in [1.54, 1.807) is 0 Å². The first-order valence-corrected chi connectivity index (χ1v) is 9.32. The minimum absolute atomic E-state index is 0.200. The van der Waals surface area contributed by atoms with Gasteiger partial charge in [0.1, 0.15) is 0 Å². The predicted molar refractivity (Wildman–Crippen MR) is 88.2 cm³/mol. The molecule has 1 aliphatic heterocycles. The first-order chi connectivity index (χ1) is 10.3. The Labute approximate surface area is 132 Å². The van der Waals surface area contributed by atoms with Gasteiger partial charge >= 0.3 is 0 Å². The molecule has 3 N–H and O–H groups in total. The van der Waals surface area contributed by atoms with E-state index in [1.807, 2.05) is 11.3 Å². The largest absolute Gasteiger partial charge is 0.375 e. The third-order valence-electron chi connectivity index (χ3n) is 5.35. The Balaban J connectivity index is 1.50. The molecular formula is C17H28N2OS. The highest BCUT2D eigenvalue weighted by Crippen LogP contribution is 2.43. The molecule has 2 aliphatic rings. The van der Waals surface area contributed by atoms with Gasteiger partial charge in [-0.1, -0.05) is 18.9 Å². The molecule has 1 aliphatic carbocycles. The molecule has 2 unspecified atom stereocenters. The van der Waals surface area contributed by atoms with E-state index in [-0.39, 0.29) is 5.60 Å². The number of hydrogen-bond acceptors (Lipinski definition) is 4. The Kier molecular flexibility index (Phi) is 5.33. The minimum atomic E-state index is 0.200. The van der Waals surface area contributed by atoms with E-state index >= 15 is 0 Å². The second kappa shape index (κ2) is 7.23. The van der Waals surface area contributed by atoms with Crippen molar-refractivity contribution in [2.75, 3.05) is 6.61 Å². The second-order valence-electron chi connectivity index (χ2n) is 6.74. The van der Waals surface area contributed by atoms with E-state index in [0.717, 1.165) is 13.0 Å². The predicted octanol–water partition coefficient (Wildman–Crippen LogP) is 3.64. The van der Waals surface area contributed by atoms with E-state index in [4.69, 9.17) is 10.6 Å². The van der Waals surface area contributed by atoms with Crippen molar-refractivity contribution in [2.24, 2.45) is 11.8 Å². The van der Waals surface area contributed by atoms with Gasteiger partial charge in [0, 0.05) is 17.5 Å². The minimum Gasteiger partial charge on any atom is -0.375 e. The quantitative estimate of drug-likeness (QED) is 0.623. The van der Waals surface area contributed by atoms with Crippen molar-refractivity contribution in [2.45, 2.75) is 69.4 Å². The fourth-order valence-corrected chi connectivity index (χ4v) is 4.93. The van der Waals surface area contributed by atoms with Crippen molar-refractivity contribution in [1.29, 1.82) is 0 Å². The van der Waals surface area contributed by atoms with E-state index in [0.29, 0.717) is 12.0 Å². The number of aryl methyl sites for hydroxylation is 1. The van der Waals surface area contributed by atoms with Crippen LogP contribution in [0.5, 0.6) is 0 Å². The molecule has 0 radical (unpaired) electrons. The summed E-state index contributed by atoms with van der Waals surface area (Å²) in [5, 5.41) is 2.16. The zero-order valence-electron chi connectivity index (χ0n) is 12.9. The van der Waals surface area contributed by atoms with Crippen LogP contribution in [0, 0.1) is 5.92 Å². The van der Waals surface area contributed by atoms with Crippen molar-refractivity contribution >= 4 is 11.3 Å². The van der Waals surface area contributed by atoms with Gasteiger partial charge in [0.2, 0.25) is 0 Å². The van der Waals surface area contributed by atoms with Crippen molar-refractivity contribution in [3.05, 3.63) is 22.4 Å². The molecule has 0 amide bonds. The fraction of sp³-hybridized carbons (Fsp3) is 0.765. The highest BCUT2D eigenvalue weighted by atomic mass is 32.1. The van der Waals surface area contributed by atoms with Crippen LogP contribution in [-0.2, 0) is 11.2 Å². The summed E-state index contributed by atoms with van der Waals surface area (Å²) in [5.74, 6) is 6.55. The zero-order chi connectivity index (χ0) is 14.5. The van der Waals surface area contributed by atoms with Crippen LogP contribution in [0.1, 0.15) is 56.2 Å². The summed E-state index contributed by atoms with van der Waals surface area (Å²) in [7, 11) is 0. The Morgan fingerprint density at radius 2 is 2.29 bits per heavy atom. The van der Waals surface area contributed by atoms with E-state index in [1.165, 1.54) is 56.2 Å². The molecule has 21 heavy (non-hydrogen) atoms. The standard InChI is InChI=1S/C17H28N2OS/c18-19-16(7-3-5-15-6-4-12-21-15)14-8-11-20-17(13-14)9-1-2-10-17/h4,6,12,14,16,19H,1-3,5,7-11,13,18H2. The van der Waals surface area contributed by atoms with Gasteiger partial charge in [0.15, 0.2) is 0 Å². The first-order valence-electron chi connectivity index (χ1n) is 8.44.